The molecule has 112 valence electrons. The molecule has 0 saturated carbocycles. The van der Waals surface area contributed by atoms with E-state index in [-0.39, 0.29) is 0 Å². The molecule has 0 unspecified atom stereocenters. The van der Waals surface area contributed by atoms with Crippen molar-refractivity contribution in [2.45, 2.75) is 13.8 Å². The molecule has 0 saturated heterocycles. The maximum atomic E-state index is 11.1. The fourth-order valence-electron chi connectivity index (χ4n) is 2.23. The zero-order valence-corrected chi connectivity index (χ0v) is 13.1. The molecule has 3 rings (SSSR count). The molecule has 0 aliphatic carbocycles. The molecule has 0 spiro atoms. The number of thiophene rings is 1. The van der Waals surface area contributed by atoms with Gasteiger partial charge in [0.15, 0.2) is 6.29 Å². The Morgan fingerprint density at radius 2 is 2.05 bits per heavy atom. The average molecular weight is 313 g/mol. The molecule has 0 aliphatic heterocycles. The van der Waals surface area contributed by atoms with E-state index in [4.69, 9.17) is 4.74 Å². The van der Waals surface area contributed by atoms with E-state index in [9.17, 15) is 4.79 Å². The number of hydrogen-bond acceptors (Lipinski definition) is 6. The third kappa shape index (κ3) is 2.65. The molecular weight excluding hydrogens is 298 g/mol. The van der Waals surface area contributed by atoms with Crippen LogP contribution in [0, 0.1) is 6.92 Å². The maximum absolute atomic E-state index is 11.1. The van der Waals surface area contributed by atoms with Gasteiger partial charge in [-0.25, -0.2) is 9.97 Å². The molecule has 0 aliphatic rings. The Morgan fingerprint density at radius 1 is 1.27 bits per heavy atom. The fourth-order valence-corrected chi connectivity index (χ4v) is 3.20. The molecule has 2 aromatic heterocycles. The third-order valence-electron chi connectivity index (χ3n) is 3.30. The normalized spacial score (nSPS) is 10.6. The highest BCUT2D eigenvalue weighted by molar-refractivity contribution is 7.20. The second-order valence-corrected chi connectivity index (χ2v) is 5.72. The summed E-state index contributed by atoms with van der Waals surface area (Å²) in [6.45, 7) is 4.50. The summed E-state index contributed by atoms with van der Waals surface area (Å²) in [5, 5.41) is 4.17. The minimum Gasteiger partial charge on any atom is -0.494 e. The van der Waals surface area contributed by atoms with Gasteiger partial charge in [0.2, 0.25) is 0 Å². The predicted octanol–water partition coefficient (Wildman–Crippen LogP) is 3.95. The number of aldehydes is 1. The zero-order valence-electron chi connectivity index (χ0n) is 12.3. The number of fused-ring (bicyclic) bond motifs is 1. The first-order valence-corrected chi connectivity index (χ1v) is 7.73. The van der Waals surface area contributed by atoms with E-state index in [1.54, 1.807) is 0 Å². The summed E-state index contributed by atoms with van der Waals surface area (Å²) in [7, 11) is 0. The number of carbonyl (C=O) groups excluding carboxylic acids is 1. The highest BCUT2D eigenvalue weighted by atomic mass is 32.1. The summed E-state index contributed by atoms with van der Waals surface area (Å²) < 4.78 is 5.43. The molecular formula is C16H15N3O2S. The highest BCUT2D eigenvalue weighted by Crippen LogP contribution is 2.33. The van der Waals surface area contributed by atoms with Gasteiger partial charge in [-0.15, -0.1) is 11.3 Å². The van der Waals surface area contributed by atoms with Gasteiger partial charge in [0.1, 0.15) is 22.7 Å². The molecule has 0 bridgehead atoms. The lowest BCUT2D eigenvalue weighted by molar-refractivity contribution is 0.112. The molecule has 5 nitrogen and oxygen atoms in total. The number of hydrogen-bond donors (Lipinski definition) is 1. The maximum Gasteiger partial charge on any atom is 0.160 e. The number of nitrogens with zero attached hydrogens (tertiary/aromatic N) is 2. The van der Waals surface area contributed by atoms with E-state index in [0.717, 1.165) is 33.5 Å². The predicted molar refractivity (Wildman–Crippen MR) is 88.4 cm³/mol. The van der Waals surface area contributed by atoms with Crippen molar-refractivity contribution in [1.29, 1.82) is 0 Å². The SMILES string of the molecule is CCOc1ccc(Nc2ncnc3sc(C=O)c(C)c23)cc1. The van der Waals surface area contributed by atoms with Crippen LogP contribution in [0.2, 0.25) is 0 Å². The van der Waals surface area contributed by atoms with Crippen LogP contribution in [-0.4, -0.2) is 22.9 Å². The summed E-state index contributed by atoms with van der Waals surface area (Å²) in [6.07, 6.45) is 2.37. The number of aryl methyl sites for hydroxylation is 1. The van der Waals surface area contributed by atoms with E-state index in [1.807, 2.05) is 38.1 Å². The lowest BCUT2D eigenvalue weighted by Gasteiger charge is -2.08. The van der Waals surface area contributed by atoms with Gasteiger partial charge in [-0.3, -0.25) is 4.79 Å². The Balaban J connectivity index is 1.96. The van der Waals surface area contributed by atoms with Crippen molar-refractivity contribution in [3.63, 3.8) is 0 Å². The second kappa shape index (κ2) is 6.11. The lowest BCUT2D eigenvalue weighted by atomic mass is 10.2. The van der Waals surface area contributed by atoms with Gasteiger partial charge in [-0.2, -0.15) is 0 Å². The summed E-state index contributed by atoms with van der Waals surface area (Å²) in [5.74, 6) is 1.53. The van der Waals surface area contributed by atoms with Crippen molar-refractivity contribution in [3.8, 4) is 5.75 Å². The van der Waals surface area contributed by atoms with Crippen LogP contribution in [0.4, 0.5) is 11.5 Å². The van der Waals surface area contributed by atoms with Crippen molar-refractivity contribution in [3.05, 3.63) is 41.0 Å². The molecule has 0 radical (unpaired) electrons. The molecule has 0 atom stereocenters. The van der Waals surface area contributed by atoms with Crippen molar-refractivity contribution >= 4 is 39.3 Å². The first-order chi connectivity index (χ1) is 10.7. The number of anilines is 2. The molecule has 1 N–H and O–H groups in total. The van der Waals surface area contributed by atoms with Crippen LogP contribution >= 0.6 is 11.3 Å². The molecule has 22 heavy (non-hydrogen) atoms. The smallest absolute Gasteiger partial charge is 0.160 e. The summed E-state index contributed by atoms with van der Waals surface area (Å²) >= 11 is 1.38. The van der Waals surface area contributed by atoms with Crippen molar-refractivity contribution in [2.24, 2.45) is 0 Å². The fraction of sp³-hybridized carbons (Fsp3) is 0.188. The van der Waals surface area contributed by atoms with Crippen LogP contribution in [0.5, 0.6) is 5.75 Å². The van der Waals surface area contributed by atoms with Gasteiger partial charge < -0.3 is 10.1 Å². The highest BCUT2D eigenvalue weighted by Gasteiger charge is 2.13. The summed E-state index contributed by atoms with van der Waals surface area (Å²) in [6, 6.07) is 7.67. The largest absolute Gasteiger partial charge is 0.494 e. The van der Waals surface area contributed by atoms with Gasteiger partial charge in [0.25, 0.3) is 0 Å². The van der Waals surface area contributed by atoms with Crippen LogP contribution in [0.3, 0.4) is 0 Å². The number of nitrogens with one attached hydrogen (secondary N) is 1. The standard InChI is InChI=1S/C16H15N3O2S/c1-3-21-12-6-4-11(5-7-12)19-15-14-10(2)13(8-20)22-16(14)18-9-17-15/h4-9H,3H2,1-2H3,(H,17,18,19). The first-order valence-electron chi connectivity index (χ1n) is 6.92. The Labute approximate surface area is 132 Å². The number of benzene rings is 1. The van der Waals surface area contributed by atoms with Gasteiger partial charge in [-0.05, 0) is 43.7 Å². The first kappa shape index (κ1) is 14.5. The van der Waals surface area contributed by atoms with Gasteiger partial charge >= 0.3 is 0 Å². The van der Waals surface area contributed by atoms with Crippen LogP contribution in [0.25, 0.3) is 10.2 Å². The number of rotatable bonds is 5. The molecule has 0 fully saturated rings. The average Bonchev–Trinajstić information content (AvgIpc) is 2.87. The van der Waals surface area contributed by atoms with E-state index >= 15 is 0 Å². The summed E-state index contributed by atoms with van der Waals surface area (Å²) in [4.78, 5) is 21.1. The van der Waals surface area contributed by atoms with Crippen molar-refractivity contribution in [1.82, 2.24) is 9.97 Å². The van der Waals surface area contributed by atoms with Crippen LogP contribution in [-0.2, 0) is 0 Å². The topological polar surface area (TPSA) is 64.1 Å². The summed E-state index contributed by atoms with van der Waals surface area (Å²) in [5.41, 5.74) is 1.81. The molecule has 2 heterocycles. The number of aromatic nitrogens is 2. The Bertz CT molecular complexity index is 812. The monoisotopic (exact) mass is 313 g/mol. The number of ether oxygens (including phenoxy) is 1. The Hall–Kier alpha value is -2.47. The van der Waals surface area contributed by atoms with Crippen molar-refractivity contribution < 1.29 is 9.53 Å². The Kier molecular flexibility index (Phi) is 4.02. The zero-order chi connectivity index (χ0) is 15.5. The van der Waals surface area contributed by atoms with Gasteiger partial charge in [-0.1, -0.05) is 0 Å². The van der Waals surface area contributed by atoms with Gasteiger partial charge in [0, 0.05) is 5.69 Å². The molecule has 0 amide bonds. The van der Waals surface area contributed by atoms with Crippen LogP contribution in [0.15, 0.2) is 30.6 Å². The minimum absolute atomic E-state index is 0.641. The van der Waals surface area contributed by atoms with E-state index < -0.39 is 0 Å². The van der Waals surface area contributed by atoms with E-state index in [1.165, 1.54) is 17.7 Å². The third-order valence-corrected chi connectivity index (χ3v) is 4.42. The molecule has 1 aromatic carbocycles. The Morgan fingerprint density at radius 3 is 2.73 bits per heavy atom. The van der Waals surface area contributed by atoms with Crippen LogP contribution < -0.4 is 10.1 Å². The quantitative estimate of drug-likeness (QED) is 0.722. The van der Waals surface area contributed by atoms with Crippen LogP contribution in [0.1, 0.15) is 22.2 Å². The number of carbonyl (C=O) groups is 1. The second-order valence-electron chi connectivity index (χ2n) is 4.69. The van der Waals surface area contributed by atoms with Crippen molar-refractivity contribution in [2.75, 3.05) is 11.9 Å². The van der Waals surface area contributed by atoms with Gasteiger partial charge in [0.05, 0.1) is 16.9 Å². The molecule has 6 heteroatoms. The molecule has 3 aromatic rings. The van der Waals surface area contributed by atoms with E-state index in [2.05, 4.69) is 15.3 Å². The minimum atomic E-state index is 0.641. The lowest BCUT2D eigenvalue weighted by Crippen LogP contribution is -1.96. The van der Waals surface area contributed by atoms with E-state index in [0.29, 0.717) is 17.3 Å².